The predicted molar refractivity (Wildman–Crippen MR) is 66.1 cm³/mol. The maximum absolute atomic E-state index is 12.3. The second-order valence-corrected chi connectivity index (χ2v) is 5.28. The molecule has 0 aliphatic carbocycles. The number of nitrogens with zero attached hydrogens (tertiary/aromatic N) is 2. The van der Waals surface area contributed by atoms with Gasteiger partial charge in [-0.05, 0) is 12.1 Å². The van der Waals surface area contributed by atoms with Crippen molar-refractivity contribution in [2.45, 2.75) is 6.18 Å². The summed E-state index contributed by atoms with van der Waals surface area (Å²) in [7, 11) is 0. The standard InChI is InChI=1S/C11H11F3N2O3S/c12-11(13,14)10(19)16-5-3-15(4-6-16)8-2-1-7(20-8)9(17)18/h1-2H,3-6H2,(H,17,18). The maximum Gasteiger partial charge on any atom is 0.471 e. The molecule has 2 heterocycles. The number of hydrogen-bond donors (Lipinski definition) is 1. The quantitative estimate of drug-likeness (QED) is 0.902. The number of halogens is 3. The Morgan fingerprint density at radius 3 is 2.20 bits per heavy atom. The van der Waals surface area contributed by atoms with Crippen molar-refractivity contribution < 1.29 is 27.9 Å². The van der Waals surface area contributed by atoms with Crippen LogP contribution in [0.15, 0.2) is 12.1 Å². The van der Waals surface area contributed by atoms with E-state index in [4.69, 9.17) is 5.11 Å². The van der Waals surface area contributed by atoms with Gasteiger partial charge in [0.25, 0.3) is 0 Å². The van der Waals surface area contributed by atoms with Crippen LogP contribution in [-0.2, 0) is 4.79 Å². The molecule has 5 nitrogen and oxygen atoms in total. The Hall–Kier alpha value is -1.77. The molecule has 1 amide bonds. The molecule has 20 heavy (non-hydrogen) atoms. The number of carboxylic acids is 1. The lowest BCUT2D eigenvalue weighted by Crippen LogP contribution is -2.52. The van der Waals surface area contributed by atoms with E-state index in [1.54, 1.807) is 11.0 Å². The van der Waals surface area contributed by atoms with Crippen molar-refractivity contribution in [3.05, 3.63) is 17.0 Å². The van der Waals surface area contributed by atoms with E-state index in [1.165, 1.54) is 6.07 Å². The average Bonchev–Trinajstić information content (AvgIpc) is 2.86. The van der Waals surface area contributed by atoms with Crippen molar-refractivity contribution in [1.82, 2.24) is 4.90 Å². The van der Waals surface area contributed by atoms with E-state index in [-0.39, 0.29) is 31.1 Å². The fourth-order valence-corrected chi connectivity index (χ4v) is 2.82. The van der Waals surface area contributed by atoms with E-state index >= 15 is 0 Å². The Bertz CT molecular complexity index is 521. The van der Waals surface area contributed by atoms with Crippen molar-refractivity contribution in [2.24, 2.45) is 0 Å². The van der Waals surface area contributed by atoms with Gasteiger partial charge in [0.15, 0.2) is 0 Å². The monoisotopic (exact) mass is 308 g/mol. The number of piperazine rings is 1. The van der Waals surface area contributed by atoms with Gasteiger partial charge >= 0.3 is 18.1 Å². The Kier molecular flexibility index (Phi) is 3.89. The van der Waals surface area contributed by atoms with Gasteiger partial charge in [0.2, 0.25) is 0 Å². The van der Waals surface area contributed by atoms with Crippen molar-refractivity contribution in [3.8, 4) is 0 Å². The van der Waals surface area contributed by atoms with Crippen molar-refractivity contribution in [2.75, 3.05) is 31.1 Å². The van der Waals surface area contributed by atoms with Gasteiger partial charge in [0, 0.05) is 26.2 Å². The van der Waals surface area contributed by atoms with Crippen LogP contribution in [0.25, 0.3) is 0 Å². The third-order valence-electron chi connectivity index (χ3n) is 2.92. The first-order valence-corrected chi connectivity index (χ1v) is 6.55. The Labute approximate surface area is 116 Å². The molecule has 0 bridgehead atoms. The van der Waals surface area contributed by atoms with Crippen LogP contribution in [0, 0.1) is 0 Å². The molecule has 1 aromatic heterocycles. The van der Waals surface area contributed by atoms with Crippen molar-refractivity contribution >= 4 is 28.2 Å². The fourth-order valence-electron chi connectivity index (χ4n) is 1.92. The highest BCUT2D eigenvalue weighted by atomic mass is 32.1. The molecule has 0 aromatic carbocycles. The van der Waals surface area contributed by atoms with E-state index in [2.05, 4.69) is 0 Å². The average molecular weight is 308 g/mol. The first kappa shape index (κ1) is 14.6. The Morgan fingerprint density at radius 2 is 1.75 bits per heavy atom. The SMILES string of the molecule is O=C(O)c1ccc(N2CCN(C(=O)C(F)(F)F)CC2)s1. The van der Waals surface area contributed by atoms with Crippen LogP contribution >= 0.6 is 11.3 Å². The highest BCUT2D eigenvalue weighted by molar-refractivity contribution is 7.17. The van der Waals surface area contributed by atoms with Crippen LogP contribution in [0.5, 0.6) is 0 Å². The van der Waals surface area contributed by atoms with E-state index in [1.807, 2.05) is 0 Å². The van der Waals surface area contributed by atoms with Gasteiger partial charge in [-0.2, -0.15) is 13.2 Å². The number of anilines is 1. The molecule has 1 aromatic rings. The molecule has 2 rings (SSSR count). The smallest absolute Gasteiger partial charge is 0.471 e. The second-order valence-electron chi connectivity index (χ2n) is 4.22. The van der Waals surface area contributed by atoms with Gasteiger partial charge in [0.05, 0.1) is 5.00 Å². The van der Waals surface area contributed by atoms with Crippen molar-refractivity contribution in [3.63, 3.8) is 0 Å². The van der Waals surface area contributed by atoms with Gasteiger partial charge in [-0.15, -0.1) is 11.3 Å². The van der Waals surface area contributed by atoms with Crippen LogP contribution in [0.4, 0.5) is 18.2 Å². The minimum absolute atomic E-state index is 0.0291. The summed E-state index contributed by atoms with van der Waals surface area (Å²) < 4.78 is 36.8. The molecule has 0 radical (unpaired) electrons. The summed E-state index contributed by atoms with van der Waals surface area (Å²) in [5.41, 5.74) is 0. The number of rotatable bonds is 2. The molecule has 0 spiro atoms. The van der Waals surface area contributed by atoms with Crippen LogP contribution in [0.3, 0.4) is 0 Å². The van der Waals surface area contributed by atoms with Crippen molar-refractivity contribution in [1.29, 1.82) is 0 Å². The maximum atomic E-state index is 12.3. The molecule has 9 heteroatoms. The Morgan fingerprint density at radius 1 is 1.15 bits per heavy atom. The normalized spacial score (nSPS) is 16.4. The molecule has 1 aliphatic rings. The first-order valence-electron chi connectivity index (χ1n) is 5.73. The molecule has 0 atom stereocenters. The number of carbonyl (C=O) groups is 2. The largest absolute Gasteiger partial charge is 0.477 e. The van der Waals surface area contributed by atoms with Crippen LogP contribution in [0.1, 0.15) is 9.67 Å². The molecule has 0 unspecified atom stereocenters. The summed E-state index contributed by atoms with van der Waals surface area (Å²) in [6, 6.07) is 3.07. The Balaban J connectivity index is 1.97. The highest BCUT2D eigenvalue weighted by Crippen LogP contribution is 2.27. The van der Waals surface area contributed by atoms with Crippen LogP contribution in [0.2, 0.25) is 0 Å². The third kappa shape index (κ3) is 3.03. The molecule has 0 saturated carbocycles. The van der Waals surface area contributed by atoms with E-state index < -0.39 is 18.1 Å². The van der Waals surface area contributed by atoms with Gasteiger partial charge in [-0.3, -0.25) is 4.79 Å². The predicted octanol–water partition coefficient (Wildman–Crippen LogP) is 1.66. The van der Waals surface area contributed by atoms with Gasteiger partial charge in [0.1, 0.15) is 4.88 Å². The summed E-state index contributed by atoms with van der Waals surface area (Å²) in [5, 5.41) is 9.50. The summed E-state index contributed by atoms with van der Waals surface area (Å²) in [6.45, 7) is 0.445. The lowest BCUT2D eigenvalue weighted by molar-refractivity contribution is -0.185. The number of aromatic carboxylic acids is 1. The van der Waals surface area contributed by atoms with Gasteiger partial charge < -0.3 is 14.9 Å². The van der Waals surface area contributed by atoms with E-state index in [0.717, 1.165) is 16.2 Å². The van der Waals surface area contributed by atoms with Gasteiger partial charge in [-0.25, -0.2) is 4.79 Å². The fraction of sp³-hybridized carbons (Fsp3) is 0.455. The molecule has 1 aliphatic heterocycles. The van der Waals surface area contributed by atoms with E-state index in [9.17, 15) is 22.8 Å². The minimum atomic E-state index is -4.85. The van der Waals surface area contributed by atoms with Crippen LogP contribution < -0.4 is 4.90 Å². The number of alkyl halides is 3. The number of thiophene rings is 1. The number of carbonyl (C=O) groups excluding carboxylic acids is 1. The number of amides is 1. The zero-order valence-electron chi connectivity index (χ0n) is 10.2. The topological polar surface area (TPSA) is 60.9 Å². The molecule has 110 valence electrons. The summed E-state index contributed by atoms with van der Waals surface area (Å²) in [6.07, 6.45) is -4.85. The minimum Gasteiger partial charge on any atom is -0.477 e. The zero-order valence-corrected chi connectivity index (χ0v) is 11.0. The van der Waals surface area contributed by atoms with E-state index in [0.29, 0.717) is 5.00 Å². The molecule has 1 N–H and O–H groups in total. The lowest BCUT2D eigenvalue weighted by atomic mass is 10.3. The lowest BCUT2D eigenvalue weighted by Gasteiger charge is -2.35. The molecule has 1 saturated heterocycles. The van der Waals surface area contributed by atoms with Gasteiger partial charge in [-0.1, -0.05) is 0 Å². The summed E-state index contributed by atoms with van der Waals surface area (Å²) >= 11 is 1.06. The first-order chi connectivity index (χ1) is 9.29. The van der Waals surface area contributed by atoms with Crippen LogP contribution in [-0.4, -0.2) is 54.2 Å². The molecular weight excluding hydrogens is 297 g/mol. The second kappa shape index (κ2) is 5.31. The summed E-state index contributed by atoms with van der Waals surface area (Å²) in [5.74, 6) is -2.86. The molecule has 1 fully saturated rings. The highest BCUT2D eigenvalue weighted by Gasteiger charge is 2.43. The third-order valence-corrected chi connectivity index (χ3v) is 4.06. The zero-order chi connectivity index (χ0) is 14.9. The number of carboxylic acid groups (broad SMARTS) is 1. The number of hydrogen-bond acceptors (Lipinski definition) is 4. The summed E-state index contributed by atoms with van der Waals surface area (Å²) in [4.78, 5) is 24.5. The molecular formula is C11H11F3N2O3S.